The van der Waals surface area contributed by atoms with E-state index in [1.165, 1.54) is 6.92 Å². The van der Waals surface area contributed by atoms with Gasteiger partial charge in [-0.25, -0.2) is 0 Å². The van der Waals surface area contributed by atoms with Gasteiger partial charge in [0.15, 0.2) is 0 Å². The van der Waals surface area contributed by atoms with E-state index in [2.05, 4.69) is 0 Å². The molecule has 1 atom stereocenters. The lowest BCUT2D eigenvalue weighted by molar-refractivity contribution is -0.204. The maximum Gasteiger partial charge on any atom is 0.394 e. The van der Waals surface area contributed by atoms with E-state index in [1.54, 1.807) is 0 Å². The zero-order chi connectivity index (χ0) is 8.70. The lowest BCUT2D eigenvalue weighted by Crippen LogP contribution is -2.32. The average molecular weight is 168 g/mol. The highest BCUT2D eigenvalue weighted by Gasteiger charge is 2.65. The number of rotatable bonds is 2. The van der Waals surface area contributed by atoms with Crippen molar-refractivity contribution in [3.05, 3.63) is 0 Å². The molecular formula is C7H11F3O. The molecule has 1 saturated carbocycles. The Kier molecular flexibility index (Phi) is 1.90. The number of aliphatic hydroxyl groups excluding tert-OH is 1. The molecule has 0 aromatic heterocycles. The molecule has 11 heavy (non-hydrogen) atoms. The third-order valence-corrected chi connectivity index (χ3v) is 2.57. The summed E-state index contributed by atoms with van der Waals surface area (Å²) in [6, 6.07) is 0. The van der Waals surface area contributed by atoms with Crippen LogP contribution in [0.3, 0.4) is 0 Å². The number of alkyl halides is 3. The molecule has 1 rings (SSSR count). The normalized spacial score (nSPS) is 24.8. The van der Waals surface area contributed by atoms with E-state index in [1.807, 2.05) is 0 Å². The summed E-state index contributed by atoms with van der Waals surface area (Å²) in [5.74, 6) is -0.650. The Labute approximate surface area is 63.2 Å². The molecule has 4 heteroatoms. The summed E-state index contributed by atoms with van der Waals surface area (Å²) >= 11 is 0. The van der Waals surface area contributed by atoms with E-state index < -0.39 is 17.5 Å². The van der Waals surface area contributed by atoms with Crippen molar-refractivity contribution in [1.29, 1.82) is 0 Å². The first-order valence-corrected chi connectivity index (χ1v) is 3.61. The molecule has 0 unspecified atom stereocenters. The predicted molar refractivity (Wildman–Crippen MR) is 34.0 cm³/mol. The van der Waals surface area contributed by atoms with Gasteiger partial charge in [-0.15, -0.1) is 0 Å². The summed E-state index contributed by atoms with van der Waals surface area (Å²) in [4.78, 5) is 0. The summed E-state index contributed by atoms with van der Waals surface area (Å²) in [6.45, 7) is 1.07. The van der Waals surface area contributed by atoms with E-state index in [4.69, 9.17) is 5.11 Å². The Morgan fingerprint density at radius 3 is 2.00 bits per heavy atom. The van der Waals surface area contributed by atoms with Gasteiger partial charge in [0.05, 0.1) is 5.41 Å². The fourth-order valence-corrected chi connectivity index (χ4v) is 1.37. The molecule has 1 nitrogen and oxygen atoms in total. The molecular weight excluding hydrogens is 157 g/mol. The quantitative estimate of drug-likeness (QED) is 0.668. The summed E-state index contributed by atoms with van der Waals surface area (Å²) in [6.07, 6.45) is -3.77. The first-order chi connectivity index (χ1) is 4.94. The molecule has 1 aliphatic carbocycles. The Morgan fingerprint density at radius 1 is 1.45 bits per heavy atom. The van der Waals surface area contributed by atoms with Crippen molar-refractivity contribution in [2.75, 3.05) is 6.61 Å². The van der Waals surface area contributed by atoms with Crippen molar-refractivity contribution in [2.45, 2.75) is 25.9 Å². The number of hydrogen-bond acceptors (Lipinski definition) is 1. The standard InChI is InChI=1S/C7H11F3O/c1-5(4-11)6(2-3-6)7(8,9)10/h5,11H,2-4H2,1H3/t5-/m1/s1. The predicted octanol–water partition coefficient (Wildman–Crippen LogP) is 1.96. The Bertz CT molecular complexity index is 148. The molecule has 0 aliphatic heterocycles. The molecule has 0 radical (unpaired) electrons. The van der Waals surface area contributed by atoms with Crippen molar-refractivity contribution in [2.24, 2.45) is 11.3 Å². The fraction of sp³-hybridized carbons (Fsp3) is 1.00. The average Bonchev–Trinajstić information content (AvgIpc) is 2.63. The summed E-state index contributed by atoms with van der Waals surface area (Å²) < 4.78 is 36.7. The molecule has 1 fully saturated rings. The molecule has 0 saturated heterocycles. The van der Waals surface area contributed by atoms with Gasteiger partial charge in [0.1, 0.15) is 0 Å². The molecule has 0 heterocycles. The number of hydrogen-bond donors (Lipinski definition) is 1. The third kappa shape index (κ3) is 1.24. The SMILES string of the molecule is C[C@H](CO)C1(C(F)(F)F)CC1. The van der Waals surface area contributed by atoms with Crippen LogP contribution in [0.15, 0.2) is 0 Å². The zero-order valence-electron chi connectivity index (χ0n) is 6.28. The van der Waals surface area contributed by atoms with E-state index in [9.17, 15) is 13.2 Å². The van der Waals surface area contributed by atoms with Gasteiger partial charge in [-0.1, -0.05) is 6.92 Å². The maximum atomic E-state index is 12.2. The van der Waals surface area contributed by atoms with Gasteiger partial charge in [-0.05, 0) is 18.8 Å². The summed E-state index contributed by atoms with van der Waals surface area (Å²) in [5, 5.41) is 8.57. The Balaban J connectivity index is 2.68. The minimum Gasteiger partial charge on any atom is -0.396 e. The van der Waals surface area contributed by atoms with Crippen LogP contribution in [-0.2, 0) is 0 Å². The molecule has 1 N–H and O–H groups in total. The minimum absolute atomic E-state index is 0.179. The van der Waals surface area contributed by atoms with Gasteiger partial charge in [-0.3, -0.25) is 0 Å². The molecule has 0 aromatic carbocycles. The van der Waals surface area contributed by atoms with E-state index >= 15 is 0 Å². The molecule has 0 spiro atoms. The van der Waals surface area contributed by atoms with Gasteiger partial charge in [0.25, 0.3) is 0 Å². The second-order valence-corrected chi connectivity index (χ2v) is 3.24. The van der Waals surface area contributed by atoms with Gasteiger partial charge in [-0.2, -0.15) is 13.2 Å². The van der Waals surface area contributed by atoms with Gasteiger partial charge >= 0.3 is 6.18 Å². The molecule has 0 bridgehead atoms. The first-order valence-electron chi connectivity index (χ1n) is 3.61. The number of halogens is 3. The highest BCUT2D eigenvalue weighted by atomic mass is 19.4. The van der Waals surface area contributed by atoms with Crippen LogP contribution in [0.4, 0.5) is 13.2 Å². The highest BCUT2D eigenvalue weighted by Crippen LogP contribution is 2.62. The van der Waals surface area contributed by atoms with Crippen LogP contribution in [0.2, 0.25) is 0 Å². The van der Waals surface area contributed by atoms with Crippen LogP contribution in [0.1, 0.15) is 19.8 Å². The van der Waals surface area contributed by atoms with Crippen LogP contribution in [0.25, 0.3) is 0 Å². The van der Waals surface area contributed by atoms with Crippen molar-refractivity contribution in [1.82, 2.24) is 0 Å². The largest absolute Gasteiger partial charge is 0.396 e. The summed E-state index contributed by atoms with van der Waals surface area (Å²) in [5.41, 5.74) is -1.55. The number of aliphatic hydroxyl groups is 1. The van der Waals surface area contributed by atoms with Crippen LogP contribution in [-0.4, -0.2) is 17.9 Å². The van der Waals surface area contributed by atoms with E-state index in [0.29, 0.717) is 0 Å². The minimum atomic E-state index is -4.13. The van der Waals surface area contributed by atoms with Crippen molar-refractivity contribution in [3.63, 3.8) is 0 Å². The monoisotopic (exact) mass is 168 g/mol. The molecule has 66 valence electrons. The van der Waals surface area contributed by atoms with Crippen molar-refractivity contribution < 1.29 is 18.3 Å². The van der Waals surface area contributed by atoms with Crippen LogP contribution < -0.4 is 0 Å². The lowest BCUT2D eigenvalue weighted by Gasteiger charge is -2.24. The fourth-order valence-electron chi connectivity index (χ4n) is 1.37. The van der Waals surface area contributed by atoms with Crippen LogP contribution in [0, 0.1) is 11.3 Å². The smallest absolute Gasteiger partial charge is 0.394 e. The topological polar surface area (TPSA) is 20.2 Å². The highest BCUT2D eigenvalue weighted by molar-refractivity contribution is 5.02. The van der Waals surface area contributed by atoms with Crippen LogP contribution in [0.5, 0.6) is 0 Å². The van der Waals surface area contributed by atoms with Gasteiger partial charge in [0, 0.05) is 6.61 Å². The maximum absolute atomic E-state index is 12.2. The van der Waals surface area contributed by atoms with Crippen molar-refractivity contribution >= 4 is 0 Å². The second-order valence-electron chi connectivity index (χ2n) is 3.24. The first kappa shape index (κ1) is 8.84. The van der Waals surface area contributed by atoms with Gasteiger partial charge in [0.2, 0.25) is 0 Å². The van der Waals surface area contributed by atoms with Gasteiger partial charge < -0.3 is 5.11 Å². The zero-order valence-corrected chi connectivity index (χ0v) is 6.28. The molecule has 0 amide bonds. The second kappa shape index (κ2) is 2.37. The summed E-state index contributed by atoms with van der Waals surface area (Å²) in [7, 11) is 0. The van der Waals surface area contributed by atoms with Crippen LogP contribution >= 0.6 is 0 Å². The lowest BCUT2D eigenvalue weighted by atomic mass is 9.91. The Morgan fingerprint density at radius 2 is 1.91 bits per heavy atom. The molecule has 1 aliphatic rings. The van der Waals surface area contributed by atoms with E-state index in [-0.39, 0.29) is 19.4 Å². The Hall–Kier alpha value is -0.250. The van der Waals surface area contributed by atoms with E-state index in [0.717, 1.165) is 0 Å². The third-order valence-electron chi connectivity index (χ3n) is 2.57. The molecule has 0 aromatic rings. The van der Waals surface area contributed by atoms with Crippen molar-refractivity contribution in [3.8, 4) is 0 Å².